The average molecular weight is 357 g/mol. The van der Waals surface area contributed by atoms with Gasteiger partial charge >= 0.3 is 0 Å². The summed E-state index contributed by atoms with van der Waals surface area (Å²) in [5.74, 6) is 0.470. The first-order chi connectivity index (χ1) is 12.6. The van der Waals surface area contributed by atoms with Gasteiger partial charge in [0.25, 0.3) is 0 Å². The van der Waals surface area contributed by atoms with E-state index in [0.717, 1.165) is 31.2 Å². The molecule has 142 valence electrons. The van der Waals surface area contributed by atoms with E-state index in [1.54, 1.807) is 0 Å². The van der Waals surface area contributed by atoms with Crippen LogP contribution in [0.2, 0.25) is 0 Å². The van der Waals surface area contributed by atoms with E-state index in [9.17, 15) is 9.59 Å². The summed E-state index contributed by atoms with van der Waals surface area (Å²) in [7, 11) is 0. The Labute approximate surface area is 156 Å². The predicted molar refractivity (Wildman–Crippen MR) is 102 cm³/mol. The number of carbonyl (C=O) groups excluding carboxylic acids is 2. The second-order valence-electron chi connectivity index (χ2n) is 7.80. The summed E-state index contributed by atoms with van der Waals surface area (Å²) in [5, 5.41) is 0. The zero-order valence-electron chi connectivity index (χ0n) is 15.8. The minimum atomic E-state index is -0.523. The standard InChI is InChI=1S/C21H31N3O2/c1-16-15-23(21(26)19(22)14-17-8-4-2-5-9-17)12-13-24(16)20(25)18-10-6-3-7-11-18/h2,4-5,8-9,16,18-19H,3,6-7,10-15,22H2,1H3/t16-,19-/m0/s1. The molecule has 0 radical (unpaired) electrons. The van der Waals surface area contributed by atoms with E-state index in [1.165, 1.54) is 6.42 Å². The lowest BCUT2D eigenvalue weighted by molar-refractivity contribution is -0.146. The second-order valence-corrected chi connectivity index (χ2v) is 7.80. The number of rotatable bonds is 4. The maximum Gasteiger partial charge on any atom is 0.239 e. The molecule has 1 aromatic rings. The highest BCUT2D eigenvalue weighted by atomic mass is 16.2. The molecule has 0 unspecified atom stereocenters. The largest absolute Gasteiger partial charge is 0.338 e. The number of carbonyl (C=O) groups is 2. The molecule has 1 heterocycles. The summed E-state index contributed by atoms with van der Waals surface area (Å²) in [6.07, 6.45) is 6.17. The first-order valence-corrected chi connectivity index (χ1v) is 9.95. The maximum absolute atomic E-state index is 12.8. The fourth-order valence-electron chi connectivity index (χ4n) is 4.26. The number of nitrogens with two attached hydrogens (primary N) is 1. The summed E-state index contributed by atoms with van der Waals surface area (Å²) in [4.78, 5) is 29.4. The molecule has 0 spiro atoms. The topological polar surface area (TPSA) is 66.6 Å². The van der Waals surface area contributed by atoms with Crippen molar-refractivity contribution in [2.45, 2.75) is 57.5 Å². The zero-order chi connectivity index (χ0) is 18.5. The molecule has 1 saturated heterocycles. The van der Waals surface area contributed by atoms with Gasteiger partial charge in [0.05, 0.1) is 6.04 Å². The molecule has 2 amide bonds. The third kappa shape index (κ3) is 4.44. The lowest BCUT2D eigenvalue weighted by Crippen LogP contribution is -2.59. The smallest absolute Gasteiger partial charge is 0.239 e. The zero-order valence-corrected chi connectivity index (χ0v) is 15.8. The van der Waals surface area contributed by atoms with E-state index < -0.39 is 6.04 Å². The molecule has 1 aliphatic heterocycles. The fraction of sp³-hybridized carbons (Fsp3) is 0.619. The van der Waals surface area contributed by atoms with Gasteiger partial charge in [-0.1, -0.05) is 49.6 Å². The Morgan fingerprint density at radius 1 is 1.12 bits per heavy atom. The van der Waals surface area contributed by atoms with E-state index in [1.807, 2.05) is 47.1 Å². The molecular weight excluding hydrogens is 326 g/mol. The number of amides is 2. The van der Waals surface area contributed by atoms with E-state index >= 15 is 0 Å². The SMILES string of the molecule is C[C@H]1CN(C(=O)[C@@H](N)Cc2ccccc2)CCN1C(=O)C1CCCCC1. The van der Waals surface area contributed by atoms with Crippen molar-refractivity contribution in [2.24, 2.45) is 11.7 Å². The fourth-order valence-corrected chi connectivity index (χ4v) is 4.26. The Bertz CT molecular complexity index is 613. The van der Waals surface area contributed by atoms with Crippen LogP contribution in [0.4, 0.5) is 0 Å². The number of benzene rings is 1. The highest BCUT2D eigenvalue weighted by molar-refractivity contribution is 5.83. The van der Waals surface area contributed by atoms with Gasteiger partial charge in [-0.3, -0.25) is 9.59 Å². The Morgan fingerprint density at radius 2 is 1.81 bits per heavy atom. The molecule has 5 heteroatoms. The Hall–Kier alpha value is -1.88. The predicted octanol–water partition coefficient (Wildman–Crippen LogP) is 2.20. The first kappa shape index (κ1) is 18.9. The van der Waals surface area contributed by atoms with Gasteiger partial charge in [0, 0.05) is 31.6 Å². The van der Waals surface area contributed by atoms with Crippen LogP contribution in [0.1, 0.15) is 44.6 Å². The summed E-state index contributed by atoms with van der Waals surface area (Å²) in [6.45, 7) is 3.84. The number of piperazine rings is 1. The molecule has 2 aliphatic rings. The minimum absolute atomic E-state index is 0.00883. The third-order valence-electron chi connectivity index (χ3n) is 5.79. The Morgan fingerprint density at radius 3 is 2.46 bits per heavy atom. The average Bonchev–Trinajstić information content (AvgIpc) is 2.68. The molecule has 2 N–H and O–H groups in total. The van der Waals surface area contributed by atoms with Crippen molar-refractivity contribution in [3.8, 4) is 0 Å². The van der Waals surface area contributed by atoms with Gasteiger partial charge in [0.1, 0.15) is 0 Å². The highest BCUT2D eigenvalue weighted by Crippen LogP contribution is 2.27. The molecule has 5 nitrogen and oxygen atoms in total. The second kappa shape index (κ2) is 8.67. The van der Waals surface area contributed by atoms with Gasteiger partial charge in [-0.05, 0) is 31.7 Å². The van der Waals surface area contributed by atoms with E-state index in [-0.39, 0.29) is 23.8 Å². The minimum Gasteiger partial charge on any atom is -0.338 e. The lowest BCUT2D eigenvalue weighted by Gasteiger charge is -2.42. The number of hydrogen-bond donors (Lipinski definition) is 1. The van der Waals surface area contributed by atoms with Crippen LogP contribution in [0.3, 0.4) is 0 Å². The van der Waals surface area contributed by atoms with Crippen molar-refractivity contribution < 1.29 is 9.59 Å². The molecular formula is C21H31N3O2. The van der Waals surface area contributed by atoms with Crippen molar-refractivity contribution in [1.82, 2.24) is 9.80 Å². The van der Waals surface area contributed by atoms with Gasteiger partial charge in [0.2, 0.25) is 11.8 Å². The maximum atomic E-state index is 12.8. The van der Waals surface area contributed by atoms with Gasteiger partial charge < -0.3 is 15.5 Å². The van der Waals surface area contributed by atoms with Crippen LogP contribution in [-0.4, -0.2) is 53.3 Å². The summed E-state index contributed by atoms with van der Waals surface area (Å²) >= 11 is 0. The quantitative estimate of drug-likeness (QED) is 0.898. The summed E-state index contributed by atoms with van der Waals surface area (Å²) < 4.78 is 0. The van der Waals surface area contributed by atoms with Gasteiger partial charge in [-0.2, -0.15) is 0 Å². The van der Waals surface area contributed by atoms with Crippen LogP contribution < -0.4 is 5.73 Å². The Balaban J connectivity index is 1.54. The molecule has 2 fully saturated rings. The van der Waals surface area contributed by atoms with Crippen LogP contribution in [0.5, 0.6) is 0 Å². The van der Waals surface area contributed by atoms with Crippen LogP contribution in [0, 0.1) is 5.92 Å². The van der Waals surface area contributed by atoms with Crippen LogP contribution in [-0.2, 0) is 16.0 Å². The highest BCUT2D eigenvalue weighted by Gasteiger charge is 2.34. The molecule has 1 aromatic carbocycles. The normalized spacial score (nSPS) is 22.9. The molecule has 3 rings (SSSR count). The van der Waals surface area contributed by atoms with Crippen molar-refractivity contribution in [3.63, 3.8) is 0 Å². The van der Waals surface area contributed by atoms with Gasteiger partial charge in [-0.15, -0.1) is 0 Å². The van der Waals surface area contributed by atoms with Crippen molar-refractivity contribution in [3.05, 3.63) is 35.9 Å². The van der Waals surface area contributed by atoms with Crippen LogP contribution in [0.25, 0.3) is 0 Å². The molecule has 2 atom stereocenters. The number of hydrogen-bond acceptors (Lipinski definition) is 3. The molecule has 0 bridgehead atoms. The third-order valence-corrected chi connectivity index (χ3v) is 5.79. The summed E-state index contributed by atoms with van der Waals surface area (Å²) in [6, 6.07) is 9.42. The van der Waals surface area contributed by atoms with E-state index in [4.69, 9.17) is 5.73 Å². The monoisotopic (exact) mass is 357 g/mol. The van der Waals surface area contributed by atoms with Crippen molar-refractivity contribution in [1.29, 1.82) is 0 Å². The molecule has 1 aliphatic carbocycles. The number of nitrogens with zero attached hydrogens (tertiary/aromatic N) is 2. The summed E-state index contributed by atoms with van der Waals surface area (Å²) in [5.41, 5.74) is 7.24. The van der Waals surface area contributed by atoms with Crippen molar-refractivity contribution >= 4 is 11.8 Å². The van der Waals surface area contributed by atoms with Crippen LogP contribution >= 0.6 is 0 Å². The van der Waals surface area contributed by atoms with E-state index in [0.29, 0.717) is 26.1 Å². The van der Waals surface area contributed by atoms with E-state index in [2.05, 4.69) is 0 Å². The molecule has 26 heavy (non-hydrogen) atoms. The van der Waals surface area contributed by atoms with Crippen molar-refractivity contribution in [2.75, 3.05) is 19.6 Å². The first-order valence-electron chi connectivity index (χ1n) is 9.95. The van der Waals surface area contributed by atoms with Crippen LogP contribution in [0.15, 0.2) is 30.3 Å². The Kier molecular flexibility index (Phi) is 6.30. The molecule has 0 aromatic heterocycles. The lowest BCUT2D eigenvalue weighted by atomic mass is 9.87. The van der Waals surface area contributed by atoms with Gasteiger partial charge in [-0.25, -0.2) is 0 Å². The molecule has 1 saturated carbocycles. The van der Waals surface area contributed by atoms with Gasteiger partial charge in [0.15, 0.2) is 0 Å².